The molecule has 4 atom stereocenters. The van der Waals surface area contributed by atoms with Gasteiger partial charge in [-0.05, 0) is 29.9 Å². The molecule has 1 unspecified atom stereocenters. The average molecular weight is 362 g/mol. The van der Waals surface area contributed by atoms with Gasteiger partial charge in [0, 0.05) is 12.5 Å². The first-order valence-corrected chi connectivity index (χ1v) is 9.89. The quantitative estimate of drug-likeness (QED) is 0.882. The lowest BCUT2D eigenvalue weighted by atomic mass is 9.98. The first-order valence-electron chi connectivity index (χ1n) is 9.89. The summed E-state index contributed by atoms with van der Waals surface area (Å²) in [6.07, 6.45) is 2.47. The van der Waals surface area contributed by atoms with Gasteiger partial charge in [-0.25, -0.2) is 0 Å². The Balaban J connectivity index is 1.54. The Morgan fingerprint density at radius 3 is 2.30 bits per heavy atom. The van der Waals surface area contributed by atoms with Crippen LogP contribution < -0.4 is 5.32 Å². The lowest BCUT2D eigenvalue weighted by molar-refractivity contribution is -0.146. The highest BCUT2D eigenvalue weighted by molar-refractivity contribution is 5.91. The van der Waals surface area contributed by atoms with Gasteiger partial charge < -0.3 is 10.2 Å². The van der Waals surface area contributed by atoms with E-state index >= 15 is 0 Å². The van der Waals surface area contributed by atoms with Gasteiger partial charge in [-0.1, -0.05) is 74.0 Å². The highest BCUT2D eigenvalue weighted by Crippen LogP contribution is 2.49. The van der Waals surface area contributed by atoms with Crippen LogP contribution in [0.5, 0.6) is 0 Å². The van der Waals surface area contributed by atoms with Gasteiger partial charge in [-0.3, -0.25) is 9.59 Å². The van der Waals surface area contributed by atoms with E-state index in [2.05, 4.69) is 24.4 Å². The minimum Gasteiger partial charge on any atom is -0.346 e. The fraction of sp³-hybridized carbons (Fsp3) is 0.391. The maximum absolute atomic E-state index is 13.3. The first kappa shape index (κ1) is 17.8. The highest BCUT2D eigenvalue weighted by atomic mass is 16.2. The summed E-state index contributed by atoms with van der Waals surface area (Å²) < 4.78 is 0. The molecule has 4 rings (SSSR count). The molecular weight excluding hydrogens is 336 g/mol. The van der Waals surface area contributed by atoms with E-state index in [0.717, 1.165) is 18.4 Å². The molecule has 27 heavy (non-hydrogen) atoms. The number of nitrogens with one attached hydrogen (secondary N) is 1. The van der Waals surface area contributed by atoms with Crippen LogP contribution in [-0.2, 0) is 9.59 Å². The van der Waals surface area contributed by atoms with Crippen molar-refractivity contribution in [2.75, 3.05) is 6.54 Å². The molecular formula is C23H26N2O2. The van der Waals surface area contributed by atoms with Crippen LogP contribution >= 0.6 is 0 Å². The molecule has 1 aliphatic heterocycles. The Morgan fingerprint density at radius 1 is 1.04 bits per heavy atom. The van der Waals surface area contributed by atoms with Gasteiger partial charge in [0.2, 0.25) is 11.8 Å². The van der Waals surface area contributed by atoms with Crippen molar-refractivity contribution in [3.05, 3.63) is 71.8 Å². The molecule has 0 spiro atoms. The minimum atomic E-state index is -0.348. The first-order chi connectivity index (χ1) is 13.2. The lowest BCUT2D eigenvalue weighted by Gasteiger charge is -2.40. The minimum absolute atomic E-state index is 0.00841. The summed E-state index contributed by atoms with van der Waals surface area (Å²) in [6.45, 7) is 2.61. The maximum Gasteiger partial charge on any atom is 0.243 e. The molecule has 1 N–H and O–H groups in total. The van der Waals surface area contributed by atoms with Crippen LogP contribution in [0, 0.1) is 5.92 Å². The highest BCUT2D eigenvalue weighted by Gasteiger charge is 2.49. The van der Waals surface area contributed by atoms with Crippen LogP contribution in [-0.4, -0.2) is 29.3 Å². The molecule has 1 heterocycles. The van der Waals surface area contributed by atoms with Crippen LogP contribution in [0.25, 0.3) is 0 Å². The summed E-state index contributed by atoms with van der Waals surface area (Å²) >= 11 is 0. The largest absolute Gasteiger partial charge is 0.346 e. The van der Waals surface area contributed by atoms with Crippen molar-refractivity contribution in [2.24, 2.45) is 5.92 Å². The predicted octanol–water partition coefficient (Wildman–Crippen LogP) is 3.66. The Labute approximate surface area is 160 Å². The van der Waals surface area contributed by atoms with Crippen molar-refractivity contribution in [1.29, 1.82) is 0 Å². The zero-order valence-corrected chi connectivity index (χ0v) is 15.7. The lowest BCUT2D eigenvalue weighted by Crippen LogP contribution is -2.58. The van der Waals surface area contributed by atoms with E-state index < -0.39 is 0 Å². The Morgan fingerprint density at radius 2 is 1.67 bits per heavy atom. The average Bonchev–Trinajstić information content (AvgIpc) is 3.51. The van der Waals surface area contributed by atoms with E-state index in [-0.39, 0.29) is 29.8 Å². The van der Waals surface area contributed by atoms with Crippen LogP contribution in [0.15, 0.2) is 60.7 Å². The van der Waals surface area contributed by atoms with Crippen molar-refractivity contribution < 1.29 is 9.59 Å². The third-order valence-corrected chi connectivity index (χ3v) is 5.76. The Hall–Kier alpha value is -2.62. The second-order valence-corrected chi connectivity index (χ2v) is 7.63. The number of carbonyl (C=O) groups excluding carboxylic acids is 2. The van der Waals surface area contributed by atoms with Crippen molar-refractivity contribution in [1.82, 2.24) is 10.2 Å². The number of rotatable bonds is 5. The number of hydrogen-bond acceptors (Lipinski definition) is 2. The molecule has 2 amide bonds. The number of nitrogens with zero attached hydrogens (tertiary/aromatic N) is 1. The molecule has 4 heteroatoms. The number of piperazine rings is 1. The molecule has 2 aliphatic rings. The molecule has 2 aromatic rings. The predicted molar refractivity (Wildman–Crippen MR) is 105 cm³/mol. The summed E-state index contributed by atoms with van der Waals surface area (Å²) in [5.41, 5.74) is 2.28. The molecule has 2 aromatic carbocycles. The van der Waals surface area contributed by atoms with E-state index in [9.17, 15) is 9.59 Å². The van der Waals surface area contributed by atoms with Gasteiger partial charge in [0.25, 0.3) is 0 Å². The summed E-state index contributed by atoms with van der Waals surface area (Å²) in [5, 5.41) is 3.12. The second kappa shape index (κ2) is 7.55. The molecule has 0 radical (unpaired) electrons. The van der Waals surface area contributed by atoms with E-state index in [1.165, 1.54) is 5.56 Å². The van der Waals surface area contributed by atoms with Crippen molar-refractivity contribution in [2.45, 2.75) is 44.2 Å². The summed E-state index contributed by atoms with van der Waals surface area (Å²) in [4.78, 5) is 27.9. The molecule has 140 valence electrons. The van der Waals surface area contributed by atoms with E-state index in [0.29, 0.717) is 18.9 Å². The van der Waals surface area contributed by atoms with Gasteiger partial charge in [0.15, 0.2) is 0 Å². The molecule has 2 fully saturated rings. The number of carbonyl (C=O) groups is 2. The fourth-order valence-electron chi connectivity index (χ4n) is 4.21. The zero-order chi connectivity index (χ0) is 18.8. The molecule has 4 nitrogen and oxygen atoms in total. The maximum atomic E-state index is 13.3. The Kier molecular flexibility index (Phi) is 4.97. The monoisotopic (exact) mass is 362 g/mol. The van der Waals surface area contributed by atoms with Crippen LogP contribution in [0.2, 0.25) is 0 Å². The summed E-state index contributed by atoms with van der Waals surface area (Å²) in [5.74, 6) is 0.413. The SMILES string of the molecule is CCC[C@H]1C(=O)N[C@@H](c2ccccc2)CN1C(=O)C1C[C@H]1c1ccccc1. The molecule has 0 bridgehead atoms. The topological polar surface area (TPSA) is 49.4 Å². The molecule has 1 saturated heterocycles. The van der Waals surface area contributed by atoms with E-state index in [1.807, 2.05) is 53.4 Å². The van der Waals surface area contributed by atoms with Gasteiger partial charge in [-0.15, -0.1) is 0 Å². The van der Waals surface area contributed by atoms with E-state index in [4.69, 9.17) is 0 Å². The third-order valence-electron chi connectivity index (χ3n) is 5.76. The molecule has 0 aromatic heterocycles. The van der Waals surface area contributed by atoms with E-state index in [1.54, 1.807) is 0 Å². The van der Waals surface area contributed by atoms with Crippen molar-refractivity contribution in [3.63, 3.8) is 0 Å². The van der Waals surface area contributed by atoms with Gasteiger partial charge >= 0.3 is 0 Å². The third kappa shape index (κ3) is 3.61. The number of hydrogen-bond donors (Lipinski definition) is 1. The van der Waals surface area contributed by atoms with Gasteiger partial charge in [-0.2, -0.15) is 0 Å². The van der Waals surface area contributed by atoms with Crippen LogP contribution in [0.3, 0.4) is 0 Å². The summed E-state index contributed by atoms with van der Waals surface area (Å²) in [6, 6.07) is 19.7. The summed E-state index contributed by atoms with van der Waals surface area (Å²) in [7, 11) is 0. The Bertz CT molecular complexity index is 806. The van der Waals surface area contributed by atoms with Crippen molar-refractivity contribution in [3.8, 4) is 0 Å². The fourth-order valence-corrected chi connectivity index (χ4v) is 4.21. The van der Waals surface area contributed by atoms with Crippen molar-refractivity contribution >= 4 is 11.8 Å². The van der Waals surface area contributed by atoms with Crippen LogP contribution in [0.1, 0.15) is 49.3 Å². The smallest absolute Gasteiger partial charge is 0.243 e. The number of benzene rings is 2. The van der Waals surface area contributed by atoms with Gasteiger partial charge in [0.1, 0.15) is 6.04 Å². The van der Waals surface area contributed by atoms with Crippen LogP contribution in [0.4, 0.5) is 0 Å². The zero-order valence-electron chi connectivity index (χ0n) is 15.7. The van der Waals surface area contributed by atoms with Gasteiger partial charge in [0.05, 0.1) is 6.04 Å². The number of amides is 2. The standard InChI is InChI=1S/C23H26N2O2/c1-2-9-21-22(26)24-20(17-12-7-4-8-13-17)15-25(21)23(27)19-14-18(19)16-10-5-3-6-11-16/h3-8,10-13,18-21H,2,9,14-15H2,1H3,(H,24,26)/t18-,19?,20+,21-/m0/s1. The second-order valence-electron chi connectivity index (χ2n) is 7.63. The normalized spacial score (nSPS) is 27.1. The molecule has 1 saturated carbocycles. The molecule has 1 aliphatic carbocycles.